The van der Waals surface area contributed by atoms with Gasteiger partial charge in [0.2, 0.25) is 0 Å². The molecule has 0 aliphatic carbocycles. The Morgan fingerprint density at radius 3 is 2.48 bits per heavy atom. The van der Waals surface area contributed by atoms with Gasteiger partial charge >= 0.3 is 0 Å². The number of hydrogen-bond donors (Lipinski definition) is 1. The highest BCUT2D eigenvalue weighted by atomic mass is 16.5. The fourth-order valence-corrected chi connectivity index (χ4v) is 3.75. The Labute approximate surface area is 151 Å². The van der Waals surface area contributed by atoms with Crippen LogP contribution in [0.25, 0.3) is 0 Å². The number of nitrogens with zero attached hydrogens (tertiary/aromatic N) is 3. The summed E-state index contributed by atoms with van der Waals surface area (Å²) >= 11 is 0. The number of carbonyl (C=O) groups excluding carboxylic acids is 1. The van der Waals surface area contributed by atoms with Crippen LogP contribution in [0, 0.1) is 0 Å². The van der Waals surface area contributed by atoms with Gasteiger partial charge in [0.1, 0.15) is 0 Å². The van der Waals surface area contributed by atoms with Gasteiger partial charge in [0.15, 0.2) is 0 Å². The maximum atomic E-state index is 12.8. The van der Waals surface area contributed by atoms with Gasteiger partial charge in [-0.05, 0) is 46.2 Å². The number of aromatic nitrogens is 2. The number of nitrogens with one attached hydrogen (secondary N) is 1. The Balaban J connectivity index is 2.12. The molecule has 25 heavy (non-hydrogen) atoms. The number of likely N-dealkylation sites (N-methyl/N-ethyl adjacent to an activating group) is 1. The van der Waals surface area contributed by atoms with Crippen molar-refractivity contribution < 1.29 is 9.53 Å². The lowest BCUT2D eigenvalue weighted by molar-refractivity contribution is -0.00658. The van der Waals surface area contributed by atoms with E-state index in [9.17, 15) is 4.79 Å². The summed E-state index contributed by atoms with van der Waals surface area (Å²) < 4.78 is 7.55. The number of rotatable bonds is 8. The van der Waals surface area contributed by atoms with Gasteiger partial charge in [-0.25, -0.2) is 0 Å². The lowest BCUT2D eigenvalue weighted by Gasteiger charge is -2.42. The van der Waals surface area contributed by atoms with E-state index < -0.39 is 0 Å². The summed E-state index contributed by atoms with van der Waals surface area (Å²) in [6.07, 6.45) is 6.47. The molecule has 1 amide bonds. The molecule has 142 valence electrons. The van der Waals surface area contributed by atoms with E-state index in [1.54, 1.807) is 6.20 Å². The highest BCUT2D eigenvalue weighted by molar-refractivity contribution is 5.95. The van der Waals surface area contributed by atoms with Crippen molar-refractivity contribution in [2.24, 2.45) is 0 Å². The standard InChI is InChI=1S/C19H34N4O2/c1-6-15(7-2)23-17(8-3)16(13-21-23)18(24)20-14-19(22(4)5)9-11-25-12-10-19/h13,15H,6-12,14H2,1-5H3,(H,20,24). The highest BCUT2D eigenvalue weighted by Crippen LogP contribution is 2.25. The van der Waals surface area contributed by atoms with Crippen LogP contribution >= 0.6 is 0 Å². The number of hydrogen-bond acceptors (Lipinski definition) is 4. The molecular formula is C19H34N4O2. The molecule has 1 N–H and O–H groups in total. The Morgan fingerprint density at radius 2 is 1.96 bits per heavy atom. The molecule has 1 aliphatic rings. The number of carbonyl (C=O) groups is 1. The van der Waals surface area contributed by atoms with Crippen molar-refractivity contribution >= 4 is 5.91 Å². The molecule has 0 atom stereocenters. The van der Waals surface area contributed by atoms with E-state index in [-0.39, 0.29) is 11.4 Å². The number of ether oxygens (including phenoxy) is 1. The average molecular weight is 351 g/mol. The molecule has 2 rings (SSSR count). The second-order valence-corrected chi connectivity index (χ2v) is 7.19. The van der Waals surface area contributed by atoms with E-state index in [0.717, 1.165) is 56.6 Å². The Bertz CT molecular complexity index is 558. The van der Waals surface area contributed by atoms with E-state index in [4.69, 9.17) is 4.74 Å². The zero-order chi connectivity index (χ0) is 18.4. The normalized spacial score (nSPS) is 17.2. The molecule has 0 radical (unpaired) electrons. The average Bonchev–Trinajstić information content (AvgIpc) is 3.05. The minimum absolute atomic E-state index is 0.0122. The third kappa shape index (κ3) is 4.23. The molecule has 0 unspecified atom stereocenters. The molecule has 0 saturated carbocycles. The molecule has 1 saturated heterocycles. The first-order valence-corrected chi connectivity index (χ1v) is 9.58. The molecule has 0 aromatic carbocycles. The molecule has 1 aliphatic heterocycles. The van der Waals surface area contributed by atoms with Gasteiger partial charge in [0, 0.05) is 25.3 Å². The van der Waals surface area contributed by atoms with Crippen LogP contribution in [0.4, 0.5) is 0 Å². The maximum Gasteiger partial charge on any atom is 0.254 e. The van der Waals surface area contributed by atoms with Crippen LogP contribution in [0.3, 0.4) is 0 Å². The van der Waals surface area contributed by atoms with Crippen LogP contribution in [0.5, 0.6) is 0 Å². The van der Waals surface area contributed by atoms with E-state index in [1.165, 1.54) is 0 Å². The van der Waals surface area contributed by atoms with E-state index >= 15 is 0 Å². The van der Waals surface area contributed by atoms with Crippen molar-refractivity contribution in [2.45, 2.75) is 64.5 Å². The van der Waals surface area contributed by atoms with Crippen LogP contribution in [-0.4, -0.2) is 60.0 Å². The van der Waals surface area contributed by atoms with Crippen LogP contribution in [0.2, 0.25) is 0 Å². The van der Waals surface area contributed by atoms with E-state index in [2.05, 4.69) is 50.2 Å². The number of amides is 1. The zero-order valence-electron chi connectivity index (χ0n) is 16.5. The van der Waals surface area contributed by atoms with E-state index in [1.807, 2.05) is 4.68 Å². The van der Waals surface area contributed by atoms with E-state index in [0.29, 0.717) is 12.6 Å². The summed E-state index contributed by atoms with van der Waals surface area (Å²) in [7, 11) is 4.17. The molecule has 0 bridgehead atoms. The van der Waals surface area contributed by atoms with Gasteiger partial charge in [-0.2, -0.15) is 5.10 Å². The molecule has 2 heterocycles. The summed E-state index contributed by atoms with van der Waals surface area (Å²) in [5.74, 6) is -0.0122. The first kappa shape index (κ1) is 19.9. The predicted octanol–water partition coefficient (Wildman–Crippen LogP) is 2.65. The smallest absolute Gasteiger partial charge is 0.254 e. The van der Waals surface area contributed by atoms with Crippen LogP contribution in [0.1, 0.15) is 68.5 Å². The van der Waals surface area contributed by atoms with Crippen molar-refractivity contribution in [2.75, 3.05) is 33.9 Å². The molecular weight excluding hydrogens is 316 g/mol. The van der Waals surface area contributed by atoms with Gasteiger partial charge in [-0.1, -0.05) is 20.8 Å². The first-order chi connectivity index (χ1) is 12.0. The summed E-state index contributed by atoms with van der Waals surface area (Å²) in [6, 6.07) is 0.361. The molecule has 1 fully saturated rings. The highest BCUT2D eigenvalue weighted by Gasteiger charge is 2.35. The zero-order valence-corrected chi connectivity index (χ0v) is 16.5. The minimum Gasteiger partial charge on any atom is -0.381 e. The Kier molecular flexibility index (Phi) is 7.02. The molecule has 6 heteroatoms. The Hall–Kier alpha value is -1.40. The van der Waals surface area contributed by atoms with Crippen molar-refractivity contribution in [3.63, 3.8) is 0 Å². The summed E-state index contributed by atoms with van der Waals surface area (Å²) in [5, 5.41) is 7.69. The van der Waals surface area contributed by atoms with Crippen LogP contribution in [0.15, 0.2) is 6.20 Å². The van der Waals surface area contributed by atoms with Crippen molar-refractivity contribution in [1.82, 2.24) is 20.0 Å². The first-order valence-electron chi connectivity index (χ1n) is 9.58. The fourth-order valence-electron chi connectivity index (χ4n) is 3.75. The third-order valence-electron chi connectivity index (χ3n) is 5.72. The fraction of sp³-hybridized carbons (Fsp3) is 0.789. The van der Waals surface area contributed by atoms with Gasteiger partial charge in [-0.15, -0.1) is 0 Å². The van der Waals surface area contributed by atoms with Gasteiger partial charge in [0.05, 0.1) is 23.5 Å². The SMILES string of the molecule is CCc1c(C(=O)NCC2(N(C)C)CCOCC2)cnn1C(CC)CC. The topological polar surface area (TPSA) is 59.4 Å². The Morgan fingerprint density at radius 1 is 1.32 bits per heavy atom. The van der Waals surface area contributed by atoms with Crippen molar-refractivity contribution in [3.8, 4) is 0 Å². The quantitative estimate of drug-likeness (QED) is 0.783. The van der Waals surface area contributed by atoms with Crippen molar-refractivity contribution in [3.05, 3.63) is 17.5 Å². The van der Waals surface area contributed by atoms with Gasteiger partial charge in [-0.3, -0.25) is 9.48 Å². The summed E-state index contributed by atoms with van der Waals surface area (Å²) in [5.41, 5.74) is 1.73. The lowest BCUT2D eigenvalue weighted by atomic mass is 9.88. The monoisotopic (exact) mass is 350 g/mol. The van der Waals surface area contributed by atoms with Crippen LogP contribution in [-0.2, 0) is 11.2 Å². The maximum absolute atomic E-state index is 12.8. The largest absolute Gasteiger partial charge is 0.381 e. The third-order valence-corrected chi connectivity index (χ3v) is 5.72. The van der Waals surface area contributed by atoms with Gasteiger partial charge in [0.25, 0.3) is 5.91 Å². The van der Waals surface area contributed by atoms with Gasteiger partial charge < -0.3 is 15.0 Å². The molecule has 0 spiro atoms. The lowest BCUT2D eigenvalue weighted by Crippen LogP contribution is -2.55. The summed E-state index contributed by atoms with van der Waals surface area (Å²) in [4.78, 5) is 15.1. The second kappa shape index (κ2) is 8.81. The minimum atomic E-state index is -0.0222. The van der Waals surface area contributed by atoms with Crippen LogP contribution < -0.4 is 5.32 Å². The second-order valence-electron chi connectivity index (χ2n) is 7.19. The predicted molar refractivity (Wildman–Crippen MR) is 100 cm³/mol. The molecule has 6 nitrogen and oxygen atoms in total. The summed E-state index contributed by atoms with van der Waals surface area (Å²) in [6.45, 7) is 8.57. The molecule has 1 aromatic rings. The molecule has 1 aromatic heterocycles. The van der Waals surface area contributed by atoms with Crippen molar-refractivity contribution in [1.29, 1.82) is 0 Å².